The second-order valence-electron chi connectivity index (χ2n) is 5.65. The molecule has 4 nitrogen and oxygen atoms in total. The molecule has 2 heterocycles. The van der Waals surface area contributed by atoms with Crippen LogP contribution in [0.25, 0.3) is 11.0 Å². The third-order valence-electron chi connectivity index (χ3n) is 4.32. The molecule has 2 aromatic rings. The average Bonchev–Trinajstić information content (AvgIpc) is 2.92. The molecule has 2 atom stereocenters. The van der Waals surface area contributed by atoms with Crippen LogP contribution in [0.3, 0.4) is 0 Å². The molecule has 4 heteroatoms. The molecule has 0 radical (unpaired) electrons. The van der Waals surface area contributed by atoms with Crippen molar-refractivity contribution in [2.24, 2.45) is 5.92 Å². The summed E-state index contributed by atoms with van der Waals surface area (Å²) in [7, 11) is 0. The van der Waals surface area contributed by atoms with E-state index in [0.717, 1.165) is 35.3 Å². The molecular formula is C16H19NO3. The molecule has 1 aromatic carbocycles. The van der Waals surface area contributed by atoms with Crippen LogP contribution in [-0.2, 0) is 11.3 Å². The van der Waals surface area contributed by atoms with Crippen LogP contribution < -0.4 is 0 Å². The van der Waals surface area contributed by atoms with Gasteiger partial charge < -0.3 is 9.52 Å². The maximum absolute atomic E-state index is 11.4. The fourth-order valence-corrected chi connectivity index (χ4v) is 3.22. The number of nitrogens with zero attached hydrogens (tertiary/aromatic N) is 1. The predicted octanol–water partition coefficient (Wildman–Crippen LogP) is 3.04. The molecule has 1 aromatic heterocycles. The molecule has 1 saturated heterocycles. The number of furan rings is 1. The summed E-state index contributed by atoms with van der Waals surface area (Å²) in [5.74, 6) is 0.362. The van der Waals surface area contributed by atoms with Crippen LogP contribution in [0.1, 0.15) is 24.7 Å². The molecule has 0 saturated carbocycles. The number of aryl methyl sites for hydroxylation is 1. The standard InChI is InChI=1S/C16H19NO3/c1-10-7-8-17(15(10)16(18)19)9-13-11(2)20-14-6-4-3-5-12(13)14/h3-6,10,15H,7-9H2,1-2H3,(H,18,19). The highest BCUT2D eigenvalue weighted by atomic mass is 16.4. The average molecular weight is 273 g/mol. The lowest BCUT2D eigenvalue weighted by molar-refractivity contribution is -0.143. The van der Waals surface area contributed by atoms with Gasteiger partial charge >= 0.3 is 5.97 Å². The first-order valence-electron chi connectivity index (χ1n) is 7.02. The van der Waals surface area contributed by atoms with Crippen molar-refractivity contribution in [1.82, 2.24) is 4.90 Å². The van der Waals surface area contributed by atoms with Gasteiger partial charge in [0.2, 0.25) is 0 Å². The van der Waals surface area contributed by atoms with E-state index in [9.17, 15) is 9.90 Å². The largest absolute Gasteiger partial charge is 0.480 e. The lowest BCUT2D eigenvalue weighted by Gasteiger charge is -2.22. The molecule has 20 heavy (non-hydrogen) atoms. The highest BCUT2D eigenvalue weighted by Gasteiger charge is 2.37. The summed E-state index contributed by atoms with van der Waals surface area (Å²) >= 11 is 0. The molecule has 1 N–H and O–H groups in total. The number of carboxylic acid groups (broad SMARTS) is 1. The second kappa shape index (κ2) is 4.94. The molecule has 106 valence electrons. The van der Waals surface area contributed by atoms with Crippen LogP contribution in [0.5, 0.6) is 0 Å². The number of rotatable bonds is 3. The zero-order valence-corrected chi connectivity index (χ0v) is 11.8. The number of likely N-dealkylation sites (tertiary alicyclic amines) is 1. The number of hydrogen-bond donors (Lipinski definition) is 1. The summed E-state index contributed by atoms with van der Waals surface area (Å²) in [5, 5.41) is 10.5. The molecule has 1 fully saturated rings. The zero-order valence-electron chi connectivity index (χ0n) is 11.8. The topological polar surface area (TPSA) is 53.7 Å². The second-order valence-corrected chi connectivity index (χ2v) is 5.65. The highest BCUT2D eigenvalue weighted by molar-refractivity contribution is 5.82. The van der Waals surface area contributed by atoms with Gasteiger partial charge in [-0.15, -0.1) is 0 Å². The first-order valence-corrected chi connectivity index (χ1v) is 7.02. The zero-order chi connectivity index (χ0) is 14.3. The Balaban J connectivity index is 1.93. The van der Waals surface area contributed by atoms with Gasteiger partial charge in [0.15, 0.2) is 0 Å². The Bertz CT molecular complexity index is 646. The molecule has 1 aliphatic rings. The Kier molecular flexibility index (Phi) is 3.26. The predicted molar refractivity (Wildman–Crippen MR) is 76.6 cm³/mol. The van der Waals surface area contributed by atoms with Crippen LogP contribution in [0.2, 0.25) is 0 Å². The monoisotopic (exact) mass is 273 g/mol. The van der Waals surface area contributed by atoms with Crippen LogP contribution in [0.4, 0.5) is 0 Å². The molecule has 0 spiro atoms. The van der Waals surface area contributed by atoms with Gasteiger partial charge in [0, 0.05) is 17.5 Å². The van der Waals surface area contributed by atoms with E-state index in [0.29, 0.717) is 6.54 Å². The van der Waals surface area contributed by atoms with Crippen LogP contribution in [0, 0.1) is 12.8 Å². The molecule has 2 unspecified atom stereocenters. The normalized spacial score (nSPS) is 23.5. The Labute approximate surface area is 118 Å². The van der Waals surface area contributed by atoms with E-state index in [2.05, 4.69) is 4.90 Å². The minimum atomic E-state index is -0.722. The Morgan fingerprint density at radius 1 is 1.45 bits per heavy atom. The smallest absolute Gasteiger partial charge is 0.321 e. The van der Waals surface area contributed by atoms with Gasteiger partial charge in [-0.3, -0.25) is 9.69 Å². The Morgan fingerprint density at radius 2 is 2.20 bits per heavy atom. The van der Waals surface area contributed by atoms with Gasteiger partial charge in [0.05, 0.1) is 0 Å². The van der Waals surface area contributed by atoms with Crippen LogP contribution in [-0.4, -0.2) is 28.6 Å². The number of carbonyl (C=O) groups is 1. The summed E-state index contributed by atoms with van der Waals surface area (Å²) < 4.78 is 5.76. The van der Waals surface area contributed by atoms with Gasteiger partial charge in [-0.2, -0.15) is 0 Å². The maximum atomic E-state index is 11.4. The first-order chi connectivity index (χ1) is 9.58. The quantitative estimate of drug-likeness (QED) is 0.934. The third kappa shape index (κ3) is 2.10. The summed E-state index contributed by atoms with van der Waals surface area (Å²) in [6.07, 6.45) is 0.936. The summed E-state index contributed by atoms with van der Waals surface area (Å²) in [5.41, 5.74) is 1.99. The fraction of sp³-hybridized carbons (Fsp3) is 0.438. The van der Waals surface area contributed by atoms with E-state index in [1.807, 2.05) is 38.1 Å². The van der Waals surface area contributed by atoms with Crippen molar-refractivity contribution < 1.29 is 14.3 Å². The van der Waals surface area contributed by atoms with Crippen molar-refractivity contribution >= 4 is 16.9 Å². The molecular weight excluding hydrogens is 254 g/mol. The summed E-state index contributed by atoms with van der Waals surface area (Å²) in [6, 6.07) is 7.54. The van der Waals surface area contributed by atoms with E-state index in [-0.39, 0.29) is 12.0 Å². The fourth-order valence-electron chi connectivity index (χ4n) is 3.22. The number of benzene rings is 1. The van der Waals surface area contributed by atoms with Crippen molar-refractivity contribution in [3.05, 3.63) is 35.6 Å². The minimum Gasteiger partial charge on any atom is -0.480 e. The number of hydrogen-bond acceptors (Lipinski definition) is 3. The minimum absolute atomic E-state index is 0.200. The van der Waals surface area contributed by atoms with Crippen molar-refractivity contribution in [3.63, 3.8) is 0 Å². The lowest BCUT2D eigenvalue weighted by atomic mass is 10.0. The SMILES string of the molecule is Cc1oc2ccccc2c1CN1CCC(C)C1C(=O)O. The first kappa shape index (κ1) is 13.2. The molecule has 0 amide bonds. The van der Waals surface area contributed by atoms with Gasteiger partial charge in [-0.1, -0.05) is 25.1 Å². The number of fused-ring (bicyclic) bond motifs is 1. The van der Waals surface area contributed by atoms with Crippen LogP contribution >= 0.6 is 0 Å². The van der Waals surface area contributed by atoms with E-state index >= 15 is 0 Å². The van der Waals surface area contributed by atoms with Crippen molar-refractivity contribution in [1.29, 1.82) is 0 Å². The van der Waals surface area contributed by atoms with Crippen molar-refractivity contribution in [3.8, 4) is 0 Å². The van der Waals surface area contributed by atoms with Gasteiger partial charge in [-0.25, -0.2) is 0 Å². The molecule has 1 aliphatic heterocycles. The molecule has 0 aliphatic carbocycles. The van der Waals surface area contributed by atoms with Crippen molar-refractivity contribution in [2.75, 3.05) is 6.54 Å². The number of aliphatic carboxylic acids is 1. The highest BCUT2D eigenvalue weighted by Crippen LogP contribution is 2.31. The van der Waals surface area contributed by atoms with E-state index < -0.39 is 5.97 Å². The summed E-state index contributed by atoms with van der Waals surface area (Å²) in [4.78, 5) is 13.5. The van der Waals surface area contributed by atoms with Gasteiger partial charge in [0.25, 0.3) is 0 Å². The Morgan fingerprint density at radius 3 is 2.95 bits per heavy atom. The van der Waals surface area contributed by atoms with Gasteiger partial charge in [0.1, 0.15) is 17.4 Å². The Hall–Kier alpha value is -1.81. The van der Waals surface area contributed by atoms with E-state index in [1.165, 1.54) is 0 Å². The van der Waals surface area contributed by atoms with Crippen LogP contribution in [0.15, 0.2) is 28.7 Å². The van der Waals surface area contributed by atoms with E-state index in [1.54, 1.807) is 0 Å². The summed E-state index contributed by atoms with van der Waals surface area (Å²) in [6.45, 7) is 5.44. The lowest BCUT2D eigenvalue weighted by Crippen LogP contribution is -2.38. The number of para-hydroxylation sites is 1. The maximum Gasteiger partial charge on any atom is 0.321 e. The van der Waals surface area contributed by atoms with Gasteiger partial charge in [-0.05, 0) is 31.9 Å². The van der Waals surface area contributed by atoms with Crippen molar-refractivity contribution in [2.45, 2.75) is 32.9 Å². The molecule has 0 bridgehead atoms. The number of carboxylic acids is 1. The third-order valence-corrected chi connectivity index (χ3v) is 4.32. The van der Waals surface area contributed by atoms with E-state index in [4.69, 9.17) is 4.42 Å². The molecule has 3 rings (SSSR count).